The van der Waals surface area contributed by atoms with Gasteiger partial charge in [0.25, 0.3) is 0 Å². The lowest BCUT2D eigenvalue weighted by Crippen LogP contribution is -2.55. The van der Waals surface area contributed by atoms with Crippen LogP contribution < -0.4 is 22.1 Å². The summed E-state index contributed by atoms with van der Waals surface area (Å²) in [6.07, 6.45) is 5.25. The van der Waals surface area contributed by atoms with Gasteiger partial charge in [0.2, 0.25) is 11.8 Å². The van der Waals surface area contributed by atoms with Crippen LogP contribution in [-0.2, 0) is 20.8 Å². The number of rotatable bonds is 13. The van der Waals surface area contributed by atoms with Gasteiger partial charge in [-0.2, -0.15) is 0 Å². The molecule has 0 aliphatic carbocycles. The van der Waals surface area contributed by atoms with E-state index in [4.69, 9.17) is 11.5 Å². The first-order valence-corrected chi connectivity index (χ1v) is 9.51. The number of carboxylic acid groups (broad SMARTS) is 1. The number of hydrogen-bond donors (Lipinski definition) is 6. The molecule has 0 aromatic carbocycles. The van der Waals surface area contributed by atoms with Gasteiger partial charge < -0.3 is 32.2 Å². The van der Waals surface area contributed by atoms with Crippen LogP contribution in [0.5, 0.6) is 0 Å². The number of nitrogens with zero attached hydrogens (tertiary/aromatic N) is 1. The van der Waals surface area contributed by atoms with Crippen molar-refractivity contribution < 1.29 is 19.5 Å². The predicted molar refractivity (Wildman–Crippen MR) is 104 cm³/mol. The predicted octanol–water partition coefficient (Wildman–Crippen LogP) is -0.491. The zero-order valence-electron chi connectivity index (χ0n) is 16.5. The normalized spacial score (nSPS) is 14.3. The molecular weight excluding hydrogens is 364 g/mol. The van der Waals surface area contributed by atoms with Crippen molar-refractivity contribution in [1.29, 1.82) is 0 Å². The van der Waals surface area contributed by atoms with Gasteiger partial charge in [0.05, 0.1) is 12.4 Å². The molecule has 158 valence electrons. The molecule has 0 unspecified atom stereocenters. The SMILES string of the molecule is CC(C)C[C@H](NC(=O)[C@H](CCCCN)NC(=O)[C@@H](N)Cc1cnc[nH]1)C(=O)O. The number of aromatic amines is 1. The molecule has 0 fully saturated rings. The molecule has 0 aliphatic heterocycles. The van der Waals surface area contributed by atoms with Gasteiger partial charge >= 0.3 is 5.97 Å². The fraction of sp³-hybridized carbons (Fsp3) is 0.667. The molecule has 28 heavy (non-hydrogen) atoms. The first-order chi connectivity index (χ1) is 13.2. The van der Waals surface area contributed by atoms with Crippen LogP contribution in [0.4, 0.5) is 0 Å². The number of carboxylic acids is 1. The third-order valence-corrected chi connectivity index (χ3v) is 4.23. The Balaban J connectivity index is 2.75. The Morgan fingerprint density at radius 1 is 1.18 bits per heavy atom. The van der Waals surface area contributed by atoms with Crippen LogP contribution >= 0.6 is 0 Å². The molecule has 1 aromatic heterocycles. The lowest BCUT2D eigenvalue weighted by atomic mass is 10.0. The highest BCUT2D eigenvalue weighted by atomic mass is 16.4. The van der Waals surface area contributed by atoms with Gasteiger partial charge in [0, 0.05) is 18.3 Å². The zero-order chi connectivity index (χ0) is 21.1. The van der Waals surface area contributed by atoms with Gasteiger partial charge in [-0.15, -0.1) is 0 Å². The summed E-state index contributed by atoms with van der Waals surface area (Å²) in [7, 11) is 0. The van der Waals surface area contributed by atoms with Crippen molar-refractivity contribution in [2.45, 2.75) is 64.1 Å². The number of amides is 2. The lowest BCUT2D eigenvalue weighted by Gasteiger charge is -2.23. The number of imidazole rings is 1. The van der Waals surface area contributed by atoms with E-state index in [1.807, 2.05) is 13.8 Å². The van der Waals surface area contributed by atoms with Gasteiger partial charge in [-0.05, 0) is 38.1 Å². The Hall–Kier alpha value is -2.46. The van der Waals surface area contributed by atoms with Crippen LogP contribution in [0.3, 0.4) is 0 Å². The largest absolute Gasteiger partial charge is 0.480 e. The minimum atomic E-state index is -1.11. The highest BCUT2D eigenvalue weighted by Gasteiger charge is 2.28. The molecule has 10 nitrogen and oxygen atoms in total. The lowest BCUT2D eigenvalue weighted by molar-refractivity contribution is -0.142. The Bertz CT molecular complexity index is 620. The first-order valence-electron chi connectivity index (χ1n) is 9.51. The topological polar surface area (TPSA) is 176 Å². The first kappa shape index (κ1) is 23.6. The molecule has 8 N–H and O–H groups in total. The highest BCUT2D eigenvalue weighted by molar-refractivity contribution is 5.91. The molecule has 0 spiro atoms. The van der Waals surface area contributed by atoms with Crippen molar-refractivity contribution in [3.8, 4) is 0 Å². The quantitative estimate of drug-likeness (QED) is 0.244. The zero-order valence-corrected chi connectivity index (χ0v) is 16.5. The Morgan fingerprint density at radius 3 is 2.39 bits per heavy atom. The van der Waals surface area contributed by atoms with E-state index in [1.54, 1.807) is 6.20 Å². The summed E-state index contributed by atoms with van der Waals surface area (Å²) in [6, 6.07) is -2.75. The second kappa shape index (κ2) is 12.1. The number of hydrogen-bond acceptors (Lipinski definition) is 6. The molecule has 1 rings (SSSR count). The van der Waals surface area contributed by atoms with Crippen molar-refractivity contribution in [3.05, 3.63) is 18.2 Å². The second-order valence-corrected chi connectivity index (χ2v) is 7.26. The number of nitrogens with one attached hydrogen (secondary N) is 3. The highest BCUT2D eigenvalue weighted by Crippen LogP contribution is 2.08. The standard InChI is InChI=1S/C18H32N6O4/c1-11(2)7-15(18(27)28)24-17(26)14(5-3-4-6-19)23-16(25)13(20)8-12-9-21-10-22-12/h9-11,13-15H,3-8,19-20H2,1-2H3,(H,21,22)(H,23,25)(H,24,26)(H,27,28)/t13-,14-,15-/m0/s1. The molecule has 0 aliphatic rings. The molecule has 2 amide bonds. The maximum atomic E-state index is 12.6. The number of aliphatic carboxylic acids is 1. The summed E-state index contributed by atoms with van der Waals surface area (Å²) < 4.78 is 0. The monoisotopic (exact) mass is 396 g/mol. The van der Waals surface area contributed by atoms with E-state index in [0.717, 1.165) is 0 Å². The fourth-order valence-electron chi connectivity index (χ4n) is 2.73. The van der Waals surface area contributed by atoms with Gasteiger partial charge in [-0.25, -0.2) is 9.78 Å². The fourth-order valence-corrected chi connectivity index (χ4v) is 2.73. The average molecular weight is 396 g/mol. The van der Waals surface area contributed by atoms with Crippen LogP contribution in [0.15, 0.2) is 12.5 Å². The number of nitrogens with two attached hydrogens (primary N) is 2. The average Bonchev–Trinajstić information content (AvgIpc) is 3.12. The molecule has 0 radical (unpaired) electrons. The van der Waals surface area contributed by atoms with Crippen LogP contribution in [0.25, 0.3) is 0 Å². The Morgan fingerprint density at radius 2 is 1.86 bits per heavy atom. The van der Waals surface area contributed by atoms with E-state index in [9.17, 15) is 19.5 Å². The molecule has 1 aromatic rings. The van der Waals surface area contributed by atoms with Gasteiger partial charge in [-0.1, -0.05) is 13.8 Å². The van der Waals surface area contributed by atoms with Crippen molar-refractivity contribution >= 4 is 17.8 Å². The molecular formula is C18H32N6O4. The van der Waals surface area contributed by atoms with Crippen molar-refractivity contribution in [2.24, 2.45) is 17.4 Å². The Kier molecular flexibility index (Phi) is 10.2. The number of carbonyl (C=O) groups excluding carboxylic acids is 2. The van der Waals surface area contributed by atoms with Gasteiger partial charge in [-0.3, -0.25) is 9.59 Å². The summed E-state index contributed by atoms with van der Waals surface area (Å²) >= 11 is 0. The van der Waals surface area contributed by atoms with Crippen LogP contribution in [-0.4, -0.2) is 57.5 Å². The van der Waals surface area contributed by atoms with E-state index < -0.39 is 35.9 Å². The summed E-state index contributed by atoms with van der Waals surface area (Å²) in [5.41, 5.74) is 12.1. The van der Waals surface area contributed by atoms with E-state index in [0.29, 0.717) is 37.9 Å². The van der Waals surface area contributed by atoms with Gasteiger partial charge in [0.1, 0.15) is 12.1 Å². The number of carbonyl (C=O) groups is 3. The van der Waals surface area contributed by atoms with Crippen molar-refractivity contribution in [2.75, 3.05) is 6.54 Å². The Labute approximate surface area is 164 Å². The summed E-state index contributed by atoms with van der Waals surface area (Å²) in [5, 5.41) is 14.5. The van der Waals surface area contributed by atoms with E-state index in [2.05, 4.69) is 20.6 Å². The number of H-pyrrole nitrogens is 1. The van der Waals surface area contributed by atoms with E-state index in [1.165, 1.54) is 6.33 Å². The van der Waals surface area contributed by atoms with E-state index >= 15 is 0 Å². The third kappa shape index (κ3) is 8.49. The van der Waals surface area contributed by atoms with Crippen LogP contribution in [0.1, 0.15) is 45.2 Å². The molecule has 1 heterocycles. The van der Waals surface area contributed by atoms with Crippen LogP contribution in [0, 0.1) is 5.92 Å². The van der Waals surface area contributed by atoms with E-state index in [-0.39, 0.29) is 12.3 Å². The smallest absolute Gasteiger partial charge is 0.326 e. The third-order valence-electron chi connectivity index (χ3n) is 4.23. The van der Waals surface area contributed by atoms with Crippen molar-refractivity contribution in [3.63, 3.8) is 0 Å². The molecule has 0 saturated carbocycles. The number of aromatic nitrogens is 2. The van der Waals surface area contributed by atoms with Gasteiger partial charge in [0.15, 0.2) is 0 Å². The molecule has 10 heteroatoms. The van der Waals surface area contributed by atoms with Crippen LogP contribution in [0.2, 0.25) is 0 Å². The summed E-state index contributed by atoms with van der Waals surface area (Å²) in [4.78, 5) is 43.2. The maximum Gasteiger partial charge on any atom is 0.326 e. The molecule has 0 bridgehead atoms. The molecule has 0 saturated heterocycles. The minimum Gasteiger partial charge on any atom is -0.480 e. The minimum absolute atomic E-state index is 0.0921. The summed E-state index contributed by atoms with van der Waals surface area (Å²) in [5.74, 6) is -2.04. The number of unbranched alkanes of at least 4 members (excludes halogenated alkanes) is 1. The summed E-state index contributed by atoms with van der Waals surface area (Å²) in [6.45, 7) is 4.21. The second-order valence-electron chi connectivity index (χ2n) is 7.26. The molecule has 3 atom stereocenters. The van der Waals surface area contributed by atoms with Crippen molar-refractivity contribution in [1.82, 2.24) is 20.6 Å². The maximum absolute atomic E-state index is 12.6.